The van der Waals surface area contributed by atoms with Crippen LogP contribution in [-0.2, 0) is 11.2 Å². The largest absolute Gasteiger partial charge is 0.506 e. The van der Waals surface area contributed by atoms with E-state index in [0.29, 0.717) is 11.3 Å². The minimum Gasteiger partial charge on any atom is -0.506 e. The minimum atomic E-state index is -0.0781. The molecule has 0 spiro atoms. The van der Waals surface area contributed by atoms with Gasteiger partial charge in [0, 0.05) is 16.7 Å². The van der Waals surface area contributed by atoms with Crippen molar-refractivity contribution in [1.82, 2.24) is 0 Å². The van der Waals surface area contributed by atoms with E-state index in [1.807, 2.05) is 12.1 Å². The van der Waals surface area contributed by atoms with E-state index < -0.39 is 0 Å². The van der Waals surface area contributed by atoms with Gasteiger partial charge >= 0.3 is 0 Å². The third-order valence-electron chi connectivity index (χ3n) is 2.80. The van der Waals surface area contributed by atoms with Crippen LogP contribution in [0.25, 0.3) is 0 Å². The maximum Gasteiger partial charge on any atom is 0.135 e. The van der Waals surface area contributed by atoms with E-state index in [0.717, 1.165) is 5.56 Å². The van der Waals surface area contributed by atoms with Gasteiger partial charge in [0.25, 0.3) is 0 Å². The van der Waals surface area contributed by atoms with Crippen molar-refractivity contribution >= 4 is 12.6 Å². The molecule has 0 aliphatic rings. The van der Waals surface area contributed by atoms with Crippen molar-refractivity contribution in [2.45, 2.75) is 52.7 Å². The van der Waals surface area contributed by atoms with Gasteiger partial charge < -0.3 is 5.11 Å². The molecule has 0 unspecified atom stereocenters. The topological polar surface area (TPSA) is 20.2 Å². The van der Waals surface area contributed by atoms with Gasteiger partial charge in [-0.25, -0.2) is 0 Å². The first-order valence-electron chi connectivity index (χ1n) is 6.55. The fourth-order valence-corrected chi connectivity index (χ4v) is 1.84. The fraction of sp³-hybridized carbons (Fsp3) is 0.529. The Morgan fingerprint density at radius 1 is 1.11 bits per heavy atom. The third-order valence-corrected chi connectivity index (χ3v) is 3.14. The molecule has 2 heteroatoms. The van der Waals surface area contributed by atoms with E-state index >= 15 is 0 Å². The Kier molecular flexibility index (Phi) is 4.63. The van der Waals surface area contributed by atoms with Crippen molar-refractivity contribution in [2.75, 3.05) is 0 Å². The molecule has 19 heavy (non-hydrogen) atoms. The zero-order valence-corrected chi connectivity index (χ0v) is 13.7. The summed E-state index contributed by atoms with van der Waals surface area (Å²) in [6.07, 6.45) is 0. The van der Waals surface area contributed by atoms with E-state index in [2.05, 4.69) is 66.0 Å². The van der Waals surface area contributed by atoms with Crippen LogP contribution in [0.3, 0.4) is 0 Å². The molecule has 0 saturated heterocycles. The molecule has 1 N–H and O–H groups in total. The standard InChI is InChI=1S/C17H24OS/c1-16(2,3)8-7-12-9-14(17(4,5)6)10-13(11-19)15(12)18/h9-10,18-19H,11H2,1-6H3. The number of benzene rings is 1. The SMILES string of the molecule is CC(C)(C)C#Cc1cc(C(C)(C)C)cc(CS)c1O. The molecule has 1 aromatic rings. The van der Waals surface area contributed by atoms with Crippen molar-refractivity contribution in [3.8, 4) is 17.6 Å². The van der Waals surface area contributed by atoms with Crippen molar-refractivity contribution in [2.24, 2.45) is 5.41 Å². The predicted octanol–water partition coefficient (Wildman–Crippen LogP) is 4.52. The average Bonchev–Trinajstić information content (AvgIpc) is 2.25. The lowest BCUT2D eigenvalue weighted by molar-refractivity contribution is 0.467. The first-order chi connectivity index (χ1) is 8.54. The first kappa shape index (κ1) is 16.0. The van der Waals surface area contributed by atoms with Crippen LogP contribution in [0.1, 0.15) is 58.2 Å². The van der Waals surface area contributed by atoms with Gasteiger partial charge in [0.05, 0.1) is 5.56 Å². The molecule has 1 nitrogen and oxygen atoms in total. The van der Waals surface area contributed by atoms with Gasteiger partial charge in [0.2, 0.25) is 0 Å². The van der Waals surface area contributed by atoms with Crippen LogP contribution in [0.2, 0.25) is 0 Å². The molecule has 0 saturated carbocycles. The Labute approximate surface area is 122 Å². The van der Waals surface area contributed by atoms with Crippen molar-refractivity contribution in [1.29, 1.82) is 0 Å². The summed E-state index contributed by atoms with van der Waals surface area (Å²) in [7, 11) is 0. The molecule has 0 aliphatic heterocycles. The molecule has 0 radical (unpaired) electrons. The van der Waals surface area contributed by atoms with Crippen LogP contribution >= 0.6 is 12.6 Å². The summed E-state index contributed by atoms with van der Waals surface area (Å²) >= 11 is 4.29. The second-order valence-electron chi connectivity index (χ2n) is 6.94. The highest BCUT2D eigenvalue weighted by Gasteiger charge is 2.17. The summed E-state index contributed by atoms with van der Waals surface area (Å²) in [4.78, 5) is 0. The molecular weight excluding hydrogens is 252 g/mol. The smallest absolute Gasteiger partial charge is 0.135 e. The van der Waals surface area contributed by atoms with Gasteiger partial charge in [-0.15, -0.1) is 0 Å². The highest BCUT2D eigenvalue weighted by Crippen LogP contribution is 2.31. The Morgan fingerprint density at radius 3 is 2.11 bits per heavy atom. The highest BCUT2D eigenvalue weighted by molar-refractivity contribution is 7.79. The monoisotopic (exact) mass is 276 g/mol. The Hall–Kier alpha value is -1.07. The summed E-state index contributed by atoms with van der Waals surface area (Å²) in [5.74, 6) is 7.06. The van der Waals surface area contributed by atoms with Crippen LogP contribution in [0.4, 0.5) is 0 Å². The predicted molar refractivity (Wildman–Crippen MR) is 85.8 cm³/mol. The van der Waals surface area contributed by atoms with Crippen LogP contribution in [-0.4, -0.2) is 5.11 Å². The van der Waals surface area contributed by atoms with E-state index in [1.165, 1.54) is 5.56 Å². The second-order valence-corrected chi connectivity index (χ2v) is 7.26. The zero-order chi connectivity index (χ0) is 14.8. The lowest BCUT2D eigenvalue weighted by Crippen LogP contribution is -2.12. The van der Waals surface area contributed by atoms with Gasteiger partial charge in [-0.1, -0.05) is 38.7 Å². The van der Waals surface area contributed by atoms with Crippen LogP contribution in [0.5, 0.6) is 5.75 Å². The molecule has 1 rings (SSSR count). The van der Waals surface area contributed by atoms with Gasteiger partial charge in [0.15, 0.2) is 0 Å². The summed E-state index contributed by atoms with van der Waals surface area (Å²) in [6.45, 7) is 12.6. The van der Waals surface area contributed by atoms with E-state index in [9.17, 15) is 5.11 Å². The molecule has 0 aliphatic carbocycles. The Morgan fingerprint density at radius 2 is 1.68 bits per heavy atom. The number of phenolic OH excluding ortho intramolecular Hbond substituents is 1. The third kappa shape index (κ3) is 4.51. The number of thiol groups is 1. The molecule has 0 bridgehead atoms. The van der Waals surface area contributed by atoms with Crippen molar-refractivity contribution < 1.29 is 5.11 Å². The van der Waals surface area contributed by atoms with Crippen LogP contribution in [0, 0.1) is 17.3 Å². The fourth-order valence-electron chi connectivity index (χ4n) is 1.60. The molecule has 1 aromatic carbocycles. The second kappa shape index (κ2) is 5.51. The lowest BCUT2D eigenvalue weighted by Gasteiger charge is -2.21. The Bertz CT molecular complexity index is 519. The van der Waals surface area contributed by atoms with Crippen molar-refractivity contribution in [3.63, 3.8) is 0 Å². The highest BCUT2D eigenvalue weighted by atomic mass is 32.1. The Balaban J connectivity index is 3.41. The molecule has 0 fully saturated rings. The summed E-state index contributed by atoms with van der Waals surface area (Å²) in [6, 6.07) is 4.01. The number of aromatic hydroxyl groups is 1. The minimum absolute atomic E-state index is 0.0313. The number of rotatable bonds is 1. The summed E-state index contributed by atoms with van der Waals surface area (Å²) in [5, 5.41) is 10.2. The first-order valence-corrected chi connectivity index (χ1v) is 7.18. The van der Waals surface area contributed by atoms with Crippen LogP contribution in [0.15, 0.2) is 12.1 Å². The average molecular weight is 276 g/mol. The maximum atomic E-state index is 10.2. The van der Waals surface area contributed by atoms with Gasteiger partial charge in [0.1, 0.15) is 5.75 Å². The van der Waals surface area contributed by atoms with Crippen molar-refractivity contribution in [3.05, 3.63) is 28.8 Å². The van der Waals surface area contributed by atoms with Gasteiger partial charge in [-0.05, 0) is 37.8 Å². The van der Waals surface area contributed by atoms with E-state index in [4.69, 9.17) is 0 Å². The van der Waals surface area contributed by atoms with E-state index in [1.54, 1.807) is 0 Å². The molecule has 0 atom stereocenters. The number of hydrogen-bond donors (Lipinski definition) is 2. The lowest BCUT2D eigenvalue weighted by atomic mass is 9.84. The molecule has 104 valence electrons. The van der Waals surface area contributed by atoms with Gasteiger partial charge in [-0.2, -0.15) is 12.6 Å². The summed E-state index contributed by atoms with van der Waals surface area (Å²) < 4.78 is 0. The normalized spacial score (nSPS) is 11.9. The van der Waals surface area contributed by atoms with Crippen LogP contribution < -0.4 is 0 Å². The molecule has 0 aromatic heterocycles. The zero-order valence-electron chi connectivity index (χ0n) is 12.8. The molecular formula is C17H24OS. The maximum absolute atomic E-state index is 10.2. The quantitative estimate of drug-likeness (QED) is 0.571. The number of hydrogen-bond acceptors (Lipinski definition) is 2. The van der Waals surface area contributed by atoms with Gasteiger partial charge in [-0.3, -0.25) is 0 Å². The summed E-state index contributed by atoms with van der Waals surface area (Å²) in [5.41, 5.74) is 2.67. The molecule has 0 amide bonds. The van der Waals surface area contributed by atoms with E-state index in [-0.39, 0.29) is 16.6 Å². The number of phenols is 1. The molecule has 0 heterocycles.